The second kappa shape index (κ2) is 10.1. The Bertz CT molecular complexity index is 677. The zero-order chi connectivity index (χ0) is 18.1. The van der Waals surface area contributed by atoms with Crippen LogP contribution in [-0.4, -0.2) is 37.6 Å². The highest BCUT2D eigenvalue weighted by atomic mass is 35.5. The first-order valence-corrected chi connectivity index (χ1v) is 8.86. The number of hydrogen-bond acceptors (Lipinski definition) is 3. The van der Waals surface area contributed by atoms with Gasteiger partial charge in [-0.15, -0.1) is 0 Å². The van der Waals surface area contributed by atoms with E-state index in [-0.39, 0.29) is 5.91 Å². The van der Waals surface area contributed by atoms with Crippen molar-refractivity contribution >= 4 is 17.5 Å². The molecule has 0 aliphatic rings. The van der Waals surface area contributed by atoms with Crippen molar-refractivity contribution in [3.63, 3.8) is 0 Å². The Morgan fingerprint density at radius 1 is 1.08 bits per heavy atom. The fourth-order valence-electron chi connectivity index (χ4n) is 2.70. The number of carbonyl (C=O) groups excluding carboxylic acids is 1. The minimum atomic E-state index is 0.119. The lowest BCUT2D eigenvalue weighted by atomic mass is 10.1. The summed E-state index contributed by atoms with van der Waals surface area (Å²) in [5, 5.41) is 0.565. The van der Waals surface area contributed by atoms with E-state index < -0.39 is 0 Å². The molecule has 2 aromatic rings. The fraction of sp³-hybridized carbons (Fsp3) is 0.350. The lowest BCUT2D eigenvalue weighted by molar-refractivity contribution is -0.131. The molecule has 0 aromatic heterocycles. The molecule has 2 aromatic carbocycles. The second-order valence-corrected chi connectivity index (χ2v) is 6.28. The molecule has 0 aliphatic carbocycles. The molecule has 134 valence electrons. The highest BCUT2D eigenvalue weighted by molar-refractivity contribution is 6.32. The quantitative estimate of drug-likeness (QED) is 0.746. The van der Waals surface area contributed by atoms with Gasteiger partial charge in [-0.2, -0.15) is 0 Å². The standard InChI is InChI=1S/C20H25ClN2O2/c1-25-19-9-7-17(15-18(19)21)8-10-20(24)23(14-12-22)13-11-16-5-3-2-4-6-16/h2-7,9,15H,8,10-14,22H2,1H3. The van der Waals surface area contributed by atoms with Crippen molar-refractivity contribution in [2.45, 2.75) is 19.3 Å². The molecule has 2 N–H and O–H groups in total. The van der Waals surface area contributed by atoms with Crippen LogP contribution in [0.25, 0.3) is 0 Å². The molecule has 0 aliphatic heterocycles. The van der Waals surface area contributed by atoms with Crippen LogP contribution < -0.4 is 10.5 Å². The van der Waals surface area contributed by atoms with E-state index in [1.165, 1.54) is 5.56 Å². The van der Waals surface area contributed by atoms with Crippen molar-refractivity contribution in [2.75, 3.05) is 26.7 Å². The van der Waals surface area contributed by atoms with E-state index in [1.54, 1.807) is 7.11 Å². The van der Waals surface area contributed by atoms with Crippen LogP contribution in [0.5, 0.6) is 5.75 Å². The third-order valence-corrected chi connectivity index (χ3v) is 4.40. The number of methoxy groups -OCH3 is 1. The van der Waals surface area contributed by atoms with E-state index in [2.05, 4.69) is 12.1 Å². The second-order valence-electron chi connectivity index (χ2n) is 5.87. The van der Waals surface area contributed by atoms with Crippen LogP contribution in [0.4, 0.5) is 0 Å². The molecule has 2 rings (SSSR count). The summed E-state index contributed by atoms with van der Waals surface area (Å²) in [4.78, 5) is 14.4. The highest BCUT2D eigenvalue weighted by Crippen LogP contribution is 2.25. The third kappa shape index (κ3) is 6.07. The molecule has 0 saturated heterocycles. The van der Waals surface area contributed by atoms with Crippen molar-refractivity contribution in [3.05, 3.63) is 64.7 Å². The lowest BCUT2D eigenvalue weighted by Gasteiger charge is -2.22. The van der Waals surface area contributed by atoms with E-state index in [0.29, 0.717) is 43.2 Å². The van der Waals surface area contributed by atoms with Crippen LogP contribution in [0, 0.1) is 0 Å². The summed E-state index contributed by atoms with van der Waals surface area (Å²) in [6.45, 7) is 1.73. The number of hydrogen-bond donors (Lipinski definition) is 1. The number of aryl methyl sites for hydroxylation is 1. The van der Waals surface area contributed by atoms with Crippen molar-refractivity contribution in [2.24, 2.45) is 5.73 Å². The molecular weight excluding hydrogens is 336 g/mol. The monoisotopic (exact) mass is 360 g/mol. The first kappa shape index (κ1) is 19.3. The molecule has 0 fully saturated rings. The molecule has 5 heteroatoms. The van der Waals surface area contributed by atoms with Crippen LogP contribution >= 0.6 is 11.6 Å². The number of ether oxygens (including phenoxy) is 1. The number of nitrogens with zero attached hydrogens (tertiary/aromatic N) is 1. The van der Waals surface area contributed by atoms with Crippen LogP contribution in [0.1, 0.15) is 17.5 Å². The van der Waals surface area contributed by atoms with Gasteiger partial charge in [-0.05, 0) is 36.1 Å². The molecule has 0 saturated carbocycles. The zero-order valence-electron chi connectivity index (χ0n) is 14.6. The SMILES string of the molecule is COc1ccc(CCC(=O)N(CCN)CCc2ccccc2)cc1Cl. The first-order valence-electron chi connectivity index (χ1n) is 8.48. The Hall–Kier alpha value is -2.04. The molecule has 0 unspecified atom stereocenters. The molecule has 0 spiro atoms. The summed E-state index contributed by atoms with van der Waals surface area (Å²) >= 11 is 6.14. The van der Waals surface area contributed by atoms with Gasteiger partial charge in [0.25, 0.3) is 0 Å². The lowest BCUT2D eigenvalue weighted by Crippen LogP contribution is -2.37. The van der Waals surface area contributed by atoms with Crippen molar-refractivity contribution in [3.8, 4) is 5.75 Å². The van der Waals surface area contributed by atoms with Crippen molar-refractivity contribution in [1.82, 2.24) is 4.90 Å². The molecule has 0 atom stereocenters. The number of amides is 1. The van der Waals surface area contributed by atoms with Gasteiger partial charge in [0, 0.05) is 26.1 Å². The Kier molecular flexibility index (Phi) is 7.76. The van der Waals surface area contributed by atoms with Crippen molar-refractivity contribution < 1.29 is 9.53 Å². The largest absolute Gasteiger partial charge is 0.495 e. The van der Waals surface area contributed by atoms with Gasteiger partial charge < -0.3 is 15.4 Å². The van der Waals surface area contributed by atoms with Crippen LogP contribution in [0.2, 0.25) is 5.02 Å². The Morgan fingerprint density at radius 3 is 2.48 bits per heavy atom. The topological polar surface area (TPSA) is 55.6 Å². The Balaban J connectivity index is 1.90. The van der Waals surface area contributed by atoms with E-state index >= 15 is 0 Å². The molecule has 0 bridgehead atoms. The average molecular weight is 361 g/mol. The number of nitrogens with two attached hydrogens (primary N) is 1. The van der Waals surface area contributed by atoms with Gasteiger partial charge in [-0.25, -0.2) is 0 Å². The Morgan fingerprint density at radius 2 is 1.84 bits per heavy atom. The maximum atomic E-state index is 12.5. The maximum absolute atomic E-state index is 12.5. The average Bonchev–Trinajstić information content (AvgIpc) is 2.64. The molecule has 4 nitrogen and oxygen atoms in total. The van der Waals surface area contributed by atoms with E-state index in [9.17, 15) is 4.79 Å². The Labute approximate surface area is 154 Å². The molecule has 25 heavy (non-hydrogen) atoms. The minimum absolute atomic E-state index is 0.119. The third-order valence-electron chi connectivity index (χ3n) is 4.11. The number of halogens is 1. The number of benzene rings is 2. The summed E-state index contributed by atoms with van der Waals surface area (Å²) < 4.78 is 5.15. The maximum Gasteiger partial charge on any atom is 0.222 e. The van der Waals surface area contributed by atoms with Crippen molar-refractivity contribution in [1.29, 1.82) is 0 Å². The first-order chi connectivity index (χ1) is 12.1. The fourth-order valence-corrected chi connectivity index (χ4v) is 2.98. The van der Waals surface area contributed by atoms with Gasteiger partial charge in [0.1, 0.15) is 5.75 Å². The van der Waals surface area contributed by atoms with Crippen LogP contribution in [0.15, 0.2) is 48.5 Å². The predicted molar refractivity (Wildman–Crippen MR) is 102 cm³/mol. The van der Waals surface area contributed by atoms with Gasteiger partial charge >= 0.3 is 0 Å². The van der Waals surface area contributed by atoms with E-state index in [4.69, 9.17) is 22.1 Å². The van der Waals surface area contributed by atoms with Crippen LogP contribution in [0.3, 0.4) is 0 Å². The van der Waals surface area contributed by atoms with E-state index in [0.717, 1.165) is 12.0 Å². The van der Waals surface area contributed by atoms with Crippen LogP contribution in [-0.2, 0) is 17.6 Å². The van der Waals surface area contributed by atoms with Gasteiger partial charge in [-0.1, -0.05) is 48.0 Å². The van der Waals surface area contributed by atoms with E-state index in [1.807, 2.05) is 41.3 Å². The summed E-state index contributed by atoms with van der Waals surface area (Å²) in [5.74, 6) is 0.762. The molecule has 1 amide bonds. The predicted octanol–water partition coefficient (Wildman–Crippen LogP) is 3.31. The number of carbonyl (C=O) groups is 1. The molecular formula is C20H25ClN2O2. The highest BCUT2D eigenvalue weighted by Gasteiger charge is 2.13. The zero-order valence-corrected chi connectivity index (χ0v) is 15.3. The smallest absolute Gasteiger partial charge is 0.222 e. The normalized spacial score (nSPS) is 10.5. The minimum Gasteiger partial charge on any atom is -0.495 e. The summed E-state index contributed by atoms with van der Waals surface area (Å²) in [6.07, 6.45) is 1.92. The van der Waals surface area contributed by atoms with Gasteiger partial charge in [0.05, 0.1) is 12.1 Å². The molecule has 0 radical (unpaired) electrons. The molecule has 0 heterocycles. The van der Waals surface area contributed by atoms with Gasteiger partial charge in [0.15, 0.2) is 0 Å². The number of rotatable bonds is 9. The summed E-state index contributed by atoms with van der Waals surface area (Å²) in [5.41, 5.74) is 7.91. The van der Waals surface area contributed by atoms with Gasteiger partial charge in [0.2, 0.25) is 5.91 Å². The van der Waals surface area contributed by atoms with Gasteiger partial charge in [-0.3, -0.25) is 4.79 Å². The summed E-state index contributed by atoms with van der Waals surface area (Å²) in [6, 6.07) is 15.8. The summed E-state index contributed by atoms with van der Waals surface area (Å²) in [7, 11) is 1.59.